The molecule has 0 spiro atoms. The molecule has 3 aromatic carbocycles. The van der Waals surface area contributed by atoms with E-state index >= 15 is 0 Å². The molecular formula is C69H75N21O3S3. The number of carbonyl (C=O) groups is 3. The van der Waals surface area contributed by atoms with Crippen LogP contribution in [0.15, 0.2) is 171 Å². The highest BCUT2D eigenvalue weighted by Gasteiger charge is 2.19. The van der Waals surface area contributed by atoms with Gasteiger partial charge in [-0.3, -0.25) is 34.3 Å². The number of para-hydroxylation sites is 3. The third-order valence-corrected chi connectivity index (χ3v) is 15.2. The van der Waals surface area contributed by atoms with E-state index in [-0.39, 0.29) is 100 Å². The molecule has 0 aliphatic heterocycles. The van der Waals surface area contributed by atoms with E-state index in [9.17, 15) is 14.4 Å². The molecular weight excluding hydrogens is 1270 g/mol. The molecule has 0 radical (unpaired) electrons. The topological polar surface area (TPSA) is 320 Å². The van der Waals surface area contributed by atoms with Crippen molar-refractivity contribution in [3.05, 3.63) is 222 Å². The fourth-order valence-electron chi connectivity index (χ4n) is 10.1. The quantitative estimate of drug-likeness (QED) is 0.0494. The van der Waals surface area contributed by atoms with E-state index in [4.69, 9.17) is 4.11 Å². The first kappa shape index (κ1) is 68.1. The lowest BCUT2D eigenvalue weighted by Gasteiger charge is -2.16. The highest BCUT2D eigenvalue weighted by Crippen LogP contribution is 2.30. The first-order valence-electron chi connectivity index (χ1n) is 31.3. The molecule has 12 rings (SSSR count). The van der Waals surface area contributed by atoms with Crippen molar-refractivity contribution in [2.75, 3.05) is 51.4 Å². The van der Waals surface area contributed by atoms with E-state index in [1.807, 2.05) is 74.5 Å². The Morgan fingerprint density at radius 2 is 0.865 bits per heavy atom. The van der Waals surface area contributed by atoms with E-state index in [1.165, 1.54) is 12.7 Å². The zero-order chi connectivity index (χ0) is 68.0. The lowest BCUT2D eigenvalue weighted by Crippen LogP contribution is -2.18. The van der Waals surface area contributed by atoms with Gasteiger partial charge in [0.2, 0.25) is 0 Å². The second-order valence-electron chi connectivity index (χ2n) is 21.6. The summed E-state index contributed by atoms with van der Waals surface area (Å²) in [7, 11) is 4.85. The van der Waals surface area contributed by atoms with Crippen molar-refractivity contribution in [2.45, 2.75) is 59.3 Å². The molecule has 0 saturated carbocycles. The van der Waals surface area contributed by atoms with E-state index in [2.05, 4.69) is 127 Å². The summed E-state index contributed by atoms with van der Waals surface area (Å²) in [5, 5.41) is 17.2. The van der Waals surface area contributed by atoms with Gasteiger partial charge in [-0.15, -0.1) is 0 Å². The van der Waals surface area contributed by atoms with Crippen LogP contribution in [0.4, 0.5) is 11.6 Å². The molecule has 9 heterocycles. The van der Waals surface area contributed by atoms with E-state index < -0.39 is 0 Å². The number of fused-ring (bicyclic) bond motifs is 3. The van der Waals surface area contributed by atoms with Gasteiger partial charge in [0, 0.05) is 165 Å². The molecule has 0 unspecified atom stereocenters. The molecule has 0 fully saturated rings. The molecule has 6 N–H and O–H groups in total. The summed E-state index contributed by atoms with van der Waals surface area (Å²) < 4.78 is 24.2. The predicted octanol–water partition coefficient (Wildman–Crippen LogP) is 9.86. The number of aromatic nitrogens is 15. The van der Waals surface area contributed by atoms with Crippen LogP contribution in [0.25, 0.3) is 66.5 Å². The van der Waals surface area contributed by atoms with Crippen molar-refractivity contribution in [1.29, 1.82) is 0 Å². The van der Waals surface area contributed by atoms with Gasteiger partial charge < -0.3 is 31.6 Å². The number of pyridine rings is 3. The van der Waals surface area contributed by atoms with Gasteiger partial charge >= 0.3 is 0 Å². The van der Waals surface area contributed by atoms with Crippen LogP contribution in [0.1, 0.15) is 108 Å². The summed E-state index contributed by atoms with van der Waals surface area (Å²) in [5.41, 5.74) is 11.4. The van der Waals surface area contributed by atoms with Gasteiger partial charge in [-0.1, -0.05) is 75.4 Å². The molecule has 492 valence electrons. The SMILES string of the molecule is CNC(=O)c1ccnc2c([C@H](C)CNc3cc(-c4cnc(C)nc4)ncn3)cccc12.S.S.S.[2H]c1nc(=NC[C@@H](C)c2cccc3c(C(=O)NC)ccnc23)cc(-c2cnc(C)nc2)[nH]1.[2H]c1nc(C)nc([2H])c1-c1cc(NC[C@@H](C)c2cccc3c(C(=O)NC)ccnc23)ncn1. The van der Waals surface area contributed by atoms with E-state index in [1.54, 1.807) is 102 Å². The maximum Gasteiger partial charge on any atom is 0.251 e. The monoisotopic (exact) mass is 1340 g/mol. The van der Waals surface area contributed by atoms with Crippen molar-refractivity contribution in [1.82, 2.24) is 90.7 Å². The molecule has 27 heteroatoms. The number of aromatic amines is 1. The molecule has 3 amide bonds. The maximum absolute atomic E-state index is 12.2. The van der Waals surface area contributed by atoms with Crippen LogP contribution in [-0.4, -0.2) is 133 Å². The number of H-pyrrole nitrogens is 1. The van der Waals surface area contributed by atoms with Crippen LogP contribution in [-0.2, 0) is 0 Å². The van der Waals surface area contributed by atoms with E-state index in [0.29, 0.717) is 76.5 Å². The molecule has 3 atom stereocenters. The minimum absolute atomic E-state index is 0. The Hall–Kier alpha value is -10.8. The zero-order valence-electron chi connectivity index (χ0n) is 57.1. The van der Waals surface area contributed by atoms with Gasteiger partial charge in [-0.05, 0) is 55.7 Å². The van der Waals surface area contributed by atoms with Crippen LogP contribution in [0.3, 0.4) is 0 Å². The van der Waals surface area contributed by atoms with Crippen LogP contribution in [0.5, 0.6) is 0 Å². The van der Waals surface area contributed by atoms with Crippen LogP contribution in [0.2, 0.25) is 0 Å². The summed E-state index contributed by atoms with van der Waals surface area (Å²) in [4.78, 5) is 104. The first-order valence-corrected chi connectivity index (χ1v) is 29.8. The molecule has 24 nitrogen and oxygen atoms in total. The molecule has 0 saturated heterocycles. The minimum atomic E-state index is -0.151. The number of benzene rings is 3. The van der Waals surface area contributed by atoms with E-state index in [0.717, 1.165) is 72.0 Å². The average Bonchev–Trinajstić information content (AvgIpc) is 0.809. The number of hydrogen-bond donors (Lipinski definition) is 6. The zero-order valence-corrected chi connectivity index (χ0v) is 57.1. The normalized spacial score (nSPS) is 12.2. The number of anilines is 2. The van der Waals surface area contributed by atoms with Gasteiger partial charge in [0.05, 0.1) is 59.4 Å². The summed E-state index contributed by atoms with van der Waals surface area (Å²) in [6.07, 6.45) is 14.7. The Balaban J connectivity index is 0.000000206. The van der Waals surface area contributed by atoms with Crippen molar-refractivity contribution in [3.8, 4) is 33.8 Å². The second kappa shape index (κ2) is 34.4. The van der Waals surface area contributed by atoms with Crippen LogP contribution < -0.4 is 32.1 Å². The highest BCUT2D eigenvalue weighted by atomic mass is 32.1. The van der Waals surface area contributed by atoms with Gasteiger partial charge in [0.15, 0.2) is 5.49 Å². The number of carbonyl (C=O) groups excluding carboxylic acids is 3. The third kappa shape index (κ3) is 17.7. The molecule has 9 aromatic heterocycles. The highest BCUT2D eigenvalue weighted by molar-refractivity contribution is 7.59. The molecule has 12 aromatic rings. The maximum atomic E-state index is 12.2. The largest absolute Gasteiger partial charge is 0.369 e. The van der Waals surface area contributed by atoms with Gasteiger partial charge in [0.1, 0.15) is 43.1 Å². The van der Waals surface area contributed by atoms with Gasteiger partial charge in [-0.2, -0.15) is 40.5 Å². The first-order chi connectivity index (χ1) is 46.4. The predicted molar refractivity (Wildman–Crippen MR) is 389 cm³/mol. The Labute approximate surface area is 580 Å². The van der Waals surface area contributed by atoms with Crippen LogP contribution >= 0.6 is 40.5 Å². The summed E-state index contributed by atoms with van der Waals surface area (Å²) in [6.45, 7) is 13.2. The third-order valence-electron chi connectivity index (χ3n) is 15.2. The standard InChI is InChI=1S/3C23H23N7O.3H2S/c3*1-14(17-5-4-6-18-19(23(31)24-3)7-8-25-22(17)18)10-28-21-9-20(29-13-30-21)16-11-26-15(2)27-12-16;;;/h3*4-9,11-14H,10H2,1-3H3,(H,24,31)(H,28,29,30);3*1H2/t3*14-;;;/m111.../s1/i11D,12D;13D;;;;. The number of aryl methyl sites for hydroxylation is 3. The van der Waals surface area contributed by atoms with Gasteiger partial charge in [0.25, 0.3) is 17.7 Å². The summed E-state index contributed by atoms with van der Waals surface area (Å²) >= 11 is 0. The van der Waals surface area contributed by atoms with Crippen molar-refractivity contribution < 1.29 is 18.5 Å². The number of hydrogen-bond acceptors (Lipinski definition) is 20. The molecule has 0 aliphatic carbocycles. The fourth-order valence-corrected chi connectivity index (χ4v) is 10.1. The number of nitrogens with one attached hydrogen (secondary N) is 6. The lowest BCUT2D eigenvalue weighted by molar-refractivity contribution is 0.0956. The second-order valence-corrected chi connectivity index (χ2v) is 21.6. The van der Waals surface area contributed by atoms with Crippen molar-refractivity contribution in [3.63, 3.8) is 0 Å². The van der Waals surface area contributed by atoms with Crippen molar-refractivity contribution in [2.24, 2.45) is 4.99 Å². The Kier molecular flexibility index (Phi) is 24.4. The minimum Gasteiger partial charge on any atom is -0.369 e. The summed E-state index contributed by atoms with van der Waals surface area (Å²) in [6, 6.07) is 28.1. The molecule has 0 bridgehead atoms. The number of amides is 3. The smallest absolute Gasteiger partial charge is 0.251 e. The number of rotatable bonds is 17. The Morgan fingerprint density at radius 3 is 1.29 bits per heavy atom. The van der Waals surface area contributed by atoms with Crippen molar-refractivity contribution >= 4 is 103 Å². The Morgan fingerprint density at radius 1 is 0.469 bits per heavy atom. The Bertz CT molecular complexity index is 4880. The van der Waals surface area contributed by atoms with Crippen LogP contribution in [0, 0.1) is 20.8 Å². The summed E-state index contributed by atoms with van der Waals surface area (Å²) in [5.74, 6) is 2.85. The number of nitrogens with zero attached hydrogens (tertiary/aromatic N) is 15. The molecule has 0 aliphatic rings. The lowest BCUT2D eigenvalue weighted by atomic mass is 9.96. The average molecular weight is 1350 g/mol. The fraction of sp³-hybridized carbons (Fsp3) is 0.217. The molecule has 96 heavy (non-hydrogen) atoms. The van der Waals surface area contributed by atoms with Gasteiger partial charge in [-0.25, -0.2) is 54.8 Å².